The number of fused-ring (bicyclic) bond motifs is 5. The molecule has 0 heteroatoms. The third-order valence-electron chi connectivity index (χ3n) is 6.49. The fourth-order valence-corrected chi connectivity index (χ4v) is 5.04. The smallest absolute Gasteiger partial charge is 0.0159 e. The van der Waals surface area contributed by atoms with Crippen molar-refractivity contribution in [3.63, 3.8) is 0 Å². The van der Waals surface area contributed by atoms with Crippen molar-refractivity contribution < 1.29 is 0 Å². The number of benzene rings is 2. The third kappa shape index (κ3) is 1.78. The largest absolute Gasteiger partial charge is 0.0804 e. The lowest BCUT2D eigenvalue weighted by Crippen LogP contribution is -2.18. The van der Waals surface area contributed by atoms with Crippen molar-refractivity contribution in [1.29, 1.82) is 0 Å². The van der Waals surface area contributed by atoms with E-state index in [2.05, 4.69) is 88.4 Å². The van der Waals surface area contributed by atoms with Crippen molar-refractivity contribution in [1.82, 2.24) is 0 Å². The van der Waals surface area contributed by atoms with E-state index in [0.717, 1.165) is 6.42 Å². The van der Waals surface area contributed by atoms with Gasteiger partial charge in [0.1, 0.15) is 0 Å². The molecule has 0 radical (unpaired) electrons. The Balaban J connectivity index is 1.84. The first-order valence-corrected chi connectivity index (χ1v) is 9.29. The van der Waals surface area contributed by atoms with Gasteiger partial charge in [0.15, 0.2) is 0 Å². The fraction of sp³-hybridized carbons (Fsp3) is 0.280. The van der Waals surface area contributed by atoms with Crippen molar-refractivity contribution in [2.24, 2.45) is 0 Å². The summed E-state index contributed by atoms with van der Waals surface area (Å²) >= 11 is 0. The summed E-state index contributed by atoms with van der Waals surface area (Å²) in [6.45, 7) is 9.47. The van der Waals surface area contributed by atoms with E-state index >= 15 is 0 Å². The highest BCUT2D eigenvalue weighted by molar-refractivity contribution is 5.92. The van der Waals surface area contributed by atoms with Gasteiger partial charge in [-0.05, 0) is 63.1 Å². The lowest BCUT2D eigenvalue weighted by atomic mass is 9.78. The van der Waals surface area contributed by atoms with Crippen LogP contribution in [0.1, 0.15) is 56.4 Å². The topological polar surface area (TPSA) is 0 Å². The molecule has 0 N–H and O–H groups in total. The van der Waals surface area contributed by atoms with Gasteiger partial charge in [-0.1, -0.05) is 76.3 Å². The van der Waals surface area contributed by atoms with Crippen molar-refractivity contribution >= 4 is 5.57 Å². The van der Waals surface area contributed by atoms with Crippen LogP contribution in [0.3, 0.4) is 0 Å². The number of rotatable bonds is 0. The molecule has 2 aromatic carbocycles. The molecule has 3 aliphatic carbocycles. The van der Waals surface area contributed by atoms with E-state index in [1.165, 1.54) is 44.5 Å². The summed E-state index contributed by atoms with van der Waals surface area (Å²) in [6, 6.07) is 13.9. The molecular weight excluding hydrogens is 300 g/mol. The molecule has 0 heterocycles. The Morgan fingerprint density at radius 2 is 1.36 bits per heavy atom. The maximum absolute atomic E-state index is 2.48. The average molecular weight is 324 g/mol. The van der Waals surface area contributed by atoms with Gasteiger partial charge >= 0.3 is 0 Å². The zero-order valence-electron chi connectivity index (χ0n) is 15.5. The number of hydrogen-bond donors (Lipinski definition) is 0. The third-order valence-corrected chi connectivity index (χ3v) is 6.49. The average Bonchev–Trinajstić information content (AvgIpc) is 2.82. The summed E-state index contributed by atoms with van der Waals surface area (Å²) in [5.41, 5.74) is 11.7. The summed E-state index contributed by atoms with van der Waals surface area (Å²) in [5.74, 6) is 0. The molecule has 0 saturated carbocycles. The van der Waals surface area contributed by atoms with Gasteiger partial charge < -0.3 is 0 Å². The second-order valence-corrected chi connectivity index (χ2v) is 8.61. The lowest BCUT2D eigenvalue weighted by Gasteiger charge is -2.25. The monoisotopic (exact) mass is 324 g/mol. The van der Waals surface area contributed by atoms with E-state index in [-0.39, 0.29) is 10.8 Å². The molecule has 2 aromatic rings. The Morgan fingerprint density at radius 3 is 2.20 bits per heavy atom. The van der Waals surface area contributed by atoms with Crippen molar-refractivity contribution in [3.8, 4) is 11.1 Å². The SMILES string of the molecule is CC1(C)C2=C(C=CCC=C2)c2cc3c(cc21)-c1ccccc1C3(C)C. The normalized spacial score (nSPS) is 20.8. The Labute approximate surface area is 150 Å². The molecule has 25 heavy (non-hydrogen) atoms. The van der Waals surface area contributed by atoms with Gasteiger partial charge in [-0.2, -0.15) is 0 Å². The summed E-state index contributed by atoms with van der Waals surface area (Å²) in [7, 11) is 0. The highest BCUT2D eigenvalue weighted by atomic mass is 14.4. The zero-order valence-corrected chi connectivity index (χ0v) is 15.5. The highest BCUT2D eigenvalue weighted by Gasteiger charge is 2.41. The molecule has 0 amide bonds. The van der Waals surface area contributed by atoms with Crippen LogP contribution in [0.4, 0.5) is 0 Å². The van der Waals surface area contributed by atoms with Crippen molar-refractivity contribution in [3.05, 3.63) is 88.5 Å². The molecule has 0 spiro atoms. The predicted molar refractivity (Wildman–Crippen MR) is 107 cm³/mol. The minimum Gasteiger partial charge on any atom is -0.0804 e. The number of allylic oxidation sites excluding steroid dienone is 6. The van der Waals surface area contributed by atoms with Crippen molar-refractivity contribution in [2.45, 2.75) is 44.9 Å². The minimum atomic E-state index is 0.0621. The zero-order chi connectivity index (χ0) is 17.4. The van der Waals surface area contributed by atoms with Gasteiger partial charge in [0.2, 0.25) is 0 Å². The second kappa shape index (κ2) is 4.64. The van der Waals surface area contributed by atoms with Crippen LogP contribution in [0.5, 0.6) is 0 Å². The van der Waals surface area contributed by atoms with Crippen LogP contribution >= 0.6 is 0 Å². The summed E-state index contributed by atoms with van der Waals surface area (Å²) in [5, 5.41) is 0. The van der Waals surface area contributed by atoms with Crippen LogP contribution in [-0.4, -0.2) is 0 Å². The van der Waals surface area contributed by atoms with Crippen LogP contribution in [-0.2, 0) is 10.8 Å². The Bertz CT molecular complexity index is 1010. The molecule has 0 nitrogen and oxygen atoms in total. The van der Waals surface area contributed by atoms with Gasteiger partial charge in [0, 0.05) is 10.8 Å². The Morgan fingerprint density at radius 1 is 0.680 bits per heavy atom. The molecule has 0 bridgehead atoms. The molecular formula is C25H24. The summed E-state index contributed by atoms with van der Waals surface area (Å²) < 4.78 is 0. The maximum atomic E-state index is 2.48. The lowest BCUT2D eigenvalue weighted by molar-refractivity contribution is 0.647. The molecule has 5 rings (SSSR count). The molecule has 0 aromatic heterocycles. The van der Waals surface area contributed by atoms with Gasteiger partial charge in [-0.15, -0.1) is 0 Å². The first-order chi connectivity index (χ1) is 11.9. The highest BCUT2D eigenvalue weighted by Crippen LogP contribution is 2.55. The van der Waals surface area contributed by atoms with Crippen LogP contribution in [0.15, 0.2) is 66.3 Å². The standard InChI is InChI=1S/C25H24/c1-24(2)20-12-7-5-6-10-16(20)18-14-23-19(15-22(18)24)17-11-8-9-13-21(17)25(23,3)4/h6-15H,5H2,1-4H3. The fourth-order valence-electron chi connectivity index (χ4n) is 5.04. The molecule has 0 atom stereocenters. The molecule has 0 fully saturated rings. The predicted octanol–water partition coefficient (Wildman–Crippen LogP) is 6.55. The van der Waals surface area contributed by atoms with E-state index in [4.69, 9.17) is 0 Å². The van der Waals surface area contributed by atoms with Crippen LogP contribution < -0.4 is 0 Å². The van der Waals surface area contributed by atoms with Gasteiger partial charge in [-0.3, -0.25) is 0 Å². The minimum absolute atomic E-state index is 0.0621. The van der Waals surface area contributed by atoms with Gasteiger partial charge in [0.25, 0.3) is 0 Å². The first-order valence-electron chi connectivity index (χ1n) is 9.29. The molecule has 0 saturated heterocycles. The quantitative estimate of drug-likeness (QED) is 0.515. The molecule has 0 aliphatic heterocycles. The van der Waals surface area contributed by atoms with Gasteiger partial charge in [-0.25, -0.2) is 0 Å². The van der Waals surface area contributed by atoms with Crippen LogP contribution in [0, 0.1) is 0 Å². The number of hydrogen-bond acceptors (Lipinski definition) is 0. The Kier molecular flexibility index (Phi) is 2.77. The van der Waals surface area contributed by atoms with Crippen LogP contribution in [0.2, 0.25) is 0 Å². The second-order valence-electron chi connectivity index (χ2n) is 8.61. The van der Waals surface area contributed by atoms with E-state index in [1.54, 1.807) is 0 Å². The molecule has 3 aliphatic rings. The van der Waals surface area contributed by atoms with Crippen LogP contribution in [0.25, 0.3) is 16.7 Å². The van der Waals surface area contributed by atoms with E-state index in [0.29, 0.717) is 0 Å². The van der Waals surface area contributed by atoms with E-state index in [9.17, 15) is 0 Å². The van der Waals surface area contributed by atoms with E-state index in [1.807, 2.05) is 0 Å². The van der Waals surface area contributed by atoms with E-state index < -0.39 is 0 Å². The summed E-state index contributed by atoms with van der Waals surface area (Å²) in [6.07, 6.45) is 10.3. The van der Waals surface area contributed by atoms with Gasteiger partial charge in [0.05, 0.1) is 0 Å². The Hall–Kier alpha value is -2.34. The first kappa shape index (κ1) is 15.0. The summed E-state index contributed by atoms with van der Waals surface area (Å²) in [4.78, 5) is 0. The molecule has 0 unspecified atom stereocenters. The maximum Gasteiger partial charge on any atom is 0.0159 e. The molecule has 124 valence electrons. The van der Waals surface area contributed by atoms with Crippen molar-refractivity contribution in [2.75, 3.05) is 0 Å².